The number of hydrogen-bond acceptors (Lipinski definition) is 4. The zero-order valence-electron chi connectivity index (χ0n) is 17.9. The molecule has 1 aliphatic carbocycles. The van der Waals surface area contributed by atoms with Crippen molar-refractivity contribution in [3.63, 3.8) is 0 Å². The summed E-state index contributed by atoms with van der Waals surface area (Å²) in [5.41, 5.74) is 3.99. The van der Waals surface area contributed by atoms with Gasteiger partial charge in [0.05, 0.1) is 22.5 Å². The molecule has 0 bridgehead atoms. The van der Waals surface area contributed by atoms with Gasteiger partial charge in [0.25, 0.3) is 5.56 Å². The number of aryl methyl sites for hydroxylation is 4. The number of amides is 1. The lowest BCUT2D eigenvalue weighted by molar-refractivity contribution is -0.121. The summed E-state index contributed by atoms with van der Waals surface area (Å²) in [5.74, 6) is 0.0623. The number of fused-ring (bicyclic) bond motifs is 1. The third kappa shape index (κ3) is 4.01. The maximum atomic E-state index is 13.0. The lowest BCUT2D eigenvalue weighted by atomic mass is 10.2. The number of carbonyl (C=O) groups is 1. The molecule has 1 aliphatic rings. The topological polar surface area (TPSA) is 81.8 Å². The maximum Gasteiger partial charge on any atom is 0.295 e. The number of hydrogen-bond donors (Lipinski definition) is 1. The van der Waals surface area contributed by atoms with Gasteiger partial charge >= 0.3 is 0 Å². The Morgan fingerprint density at radius 2 is 1.80 bits per heavy atom. The van der Waals surface area contributed by atoms with E-state index >= 15 is 0 Å². The zero-order valence-corrected chi connectivity index (χ0v) is 17.9. The monoisotopic (exact) mass is 407 g/mol. The number of carbonyl (C=O) groups excluding carboxylic acids is 1. The van der Waals surface area contributed by atoms with Crippen molar-refractivity contribution in [1.82, 2.24) is 24.9 Å². The third-order valence-electron chi connectivity index (χ3n) is 5.96. The second-order valence-electron chi connectivity index (χ2n) is 8.32. The van der Waals surface area contributed by atoms with Gasteiger partial charge in [-0.1, -0.05) is 30.5 Å². The summed E-state index contributed by atoms with van der Waals surface area (Å²) >= 11 is 0. The van der Waals surface area contributed by atoms with Crippen LogP contribution in [0.2, 0.25) is 0 Å². The summed E-state index contributed by atoms with van der Waals surface area (Å²) in [6, 6.07) is 8.38. The van der Waals surface area contributed by atoms with Crippen molar-refractivity contribution in [2.45, 2.75) is 71.9 Å². The Labute approximate surface area is 176 Å². The first-order chi connectivity index (χ1) is 14.4. The Morgan fingerprint density at radius 3 is 2.50 bits per heavy atom. The minimum Gasteiger partial charge on any atom is -0.353 e. The summed E-state index contributed by atoms with van der Waals surface area (Å²) in [7, 11) is 0. The highest BCUT2D eigenvalue weighted by atomic mass is 16.1. The molecule has 0 spiro atoms. The molecule has 1 aromatic carbocycles. The number of nitrogens with zero attached hydrogens (tertiary/aromatic N) is 4. The molecule has 1 N–H and O–H groups in total. The summed E-state index contributed by atoms with van der Waals surface area (Å²) in [6.45, 7) is 6.31. The van der Waals surface area contributed by atoms with Gasteiger partial charge in [-0.2, -0.15) is 10.2 Å². The molecule has 158 valence electrons. The summed E-state index contributed by atoms with van der Waals surface area (Å²) < 4.78 is 3.26. The smallest absolute Gasteiger partial charge is 0.295 e. The first-order valence-electron chi connectivity index (χ1n) is 10.8. The first kappa shape index (κ1) is 20.3. The van der Waals surface area contributed by atoms with E-state index in [0.29, 0.717) is 30.9 Å². The molecule has 1 fully saturated rings. The van der Waals surface area contributed by atoms with Crippen LogP contribution in [-0.2, 0) is 11.3 Å². The highest BCUT2D eigenvalue weighted by Gasteiger charge is 2.19. The fourth-order valence-corrected chi connectivity index (χ4v) is 4.33. The van der Waals surface area contributed by atoms with Crippen molar-refractivity contribution in [2.24, 2.45) is 0 Å². The summed E-state index contributed by atoms with van der Waals surface area (Å²) in [4.78, 5) is 25.2. The van der Waals surface area contributed by atoms with Crippen LogP contribution in [0.25, 0.3) is 16.6 Å². The third-order valence-corrected chi connectivity index (χ3v) is 5.96. The lowest BCUT2D eigenvalue weighted by Crippen LogP contribution is -2.33. The Balaban J connectivity index is 1.53. The Morgan fingerprint density at radius 1 is 1.10 bits per heavy atom. The van der Waals surface area contributed by atoms with E-state index in [4.69, 9.17) is 0 Å². The van der Waals surface area contributed by atoms with E-state index in [1.165, 1.54) is 23.1 Å². The van der Waals surface area contributed by atoms with E-state index in [0.717, 1.165) is 35.3 Å². The zero-order chi connectivity index (χ0) is 21.3. The highest BCUT2D eigenvalue weighted by molar-refractivity contribution is 5.83. The molecule has 0 saturated heterocycles. The number of benzene rings is 1. The molecule has 0 radical (unpaired) electrons. The normalized spacial score (nSPS) is 14.5. The quantitative estimate of drug-likeness (QED) is 0.679. The molecule has 4 rings (SSSR count). The molecule has 7 heteroatoms. The molecule has 1 saturated carbocycles. The molecular formula is C23H29N5O2. The Hall–Kier alpha value is -2.96. The Kier molecular flexibility index (Phi) is 5.70. The van der Waals surface area contributed by atoms with Gasteiger partial charge in [-0.05, 0) is 52.2 Å². The number of rotatable bonds is 6. The van der Waals surface area contributed by atoms with E-state index in [2.05, 4.69) is 15.5 Å². The van der Waals surface area contributed by atoms with Crippen LogP contribution in [0.1, 0.15) is 55.5 Å². The predicted octanol–water partition coefficient (Wildman–Crippen LogP) is 3.35. The van der Waals surface area contributed by atoms with Crippen LogP contribution < -0.4 is 10.9 Å². The van der Waals surface area contributed by atoms with E-state index in [1.807, 2.05) is 45.0 Å². The molecule has 1 amide bonds. The molecule has 0 atom stereocenters. The highest BCUT2D eigenvalue weighted by Crippen LogP contribution is 2.21. The van der Waals surface area contributed by atoms with Crippen molar-refractivity contribution in [3.8, 4) is 5.69 Å². The van der Waals surface area contributed by atoms with Crippen molar-refractivity contribution in [3.05, 3.63) is 51.6 Å². The van der Waals surface area contributed by atoms with Gasteiger partial charge in [-0.3, -0.25) is 9.59 Å². The lowest BCUT2D eigenvalue weighted by Gasteiger charge is -2.12. The average Bonchev–Trinajstić information content (AvgIpc) is 3.34. The van der Waals surface area contributed by atoms with E-state index < -0.39 is 0 Å². The van der Waals surface area contributed by atoms with E-state index in [1.54, 1.807) is 4.68 Å². The summed E-state index contributed by atoms with van der Waals surface area (Å²) in [6.07, 6.45) is 5.51. The Bertz CT molecular complexity index is 1120. The fourth-order valence-electron chi connectivity index (χ4n) is 4.33. The van der Waals surface area contributed by atoms with Gasteiger partial charge in [0.15, 0.2) is 5.52 Å². The molecule has 0 unspecified atom stereocenters. The molecular weight excluding hydrogens is 378 g/mol. The number of nitrogens with one attached hydrogen (secondary N) is 1. The largest absolute Gasteiger partial charge is 0.353 e. The molecule has 0 aliphatic heterocycles. The first-order valence-corrected chi connectivity index (χ1v) is 10.8. The second kappa shape index (κ2) is 8.42. The molecule has 2 heterocycles. The van der Waals surface area contributed by atoms with Gasteiger partial charge in [-0.15, -0.1) is 0 Å². The molecule has 7 nitrogen and oxygen atoms in total. The molecule has 3 aromatic rings. The van der Waals surface area contributed by atoms with Crippen LogP contribution in [0.5, 0.6) is 0 Å². The predicted molar refractivity (Wildman–Crippen MR) is 117 cm³/mol. The van der Waals surface area contributed by atoms with E-state index in [9.17, 15) is 9.59 Å². The molecule has 30 heavy (non-hydrogen) atoms. The second-order valence-corrected chi connectivity index (χ2v) is 8.32. The number of aromatic nitrogens is 4. The van der Waals surface area contributed by atoms with Crippen LogP contribution >= 0.6 is 0 Å². The summed E-state index contributed by atoms with van der Waals surface area (Å²) in [5, 5.41) is 13.0. The fraction of sp³-hybridized carbons (Fsp3) is 0.478. The van der Waals surface area contributed by atoms with Crippen LogP contribution in [0, 0.1) is 20.8 Å². The van der Waals surface area contributed by atoms with Crippen LogP contribution in [-0.4, -0.2) is 31.5 Å². The SMILES string of the molecule is Cc1ccc(-n2nc3c(=O)n(CCCC(=O)NC4CCCC4)nc(C)c3c2C)cc1. The van der Waals surface area contributed by atoms with Crippen LogP contribution in [0.15, 0.2) is 29.1 Å². The minimum absolute atomic E-state index is 0.0623. The van der Waals surface area contributed by atoms with Gasteiger partial charge in [0.1, 0.15) is 0 Å². The van der Waals surface area contributed by atoms with Crippen molar-refractivity contribution in [1.29, 1.82) is 0 Å². The van der Waals surface area contributed by atoms with Gasteiger partial charge in [0, 0.05) is 19.0 Å². The van der Waals surface area contributed by atoms with Crippen LogP contribution in [0.4, 0.5) is 0 Å². The van der Waals surface area contributed by atoms with Gasteiger partial charge in [0.2, 0.25) is 5.91 Å². The van der Waals surface area contributed by atoms with Crippen molar-refractivity contribution < 1.29 is 4.79 Å². The average molecular weight is 408 g/mol. The van der Waals surface area contributed by atoms with Gasteiger partial charge < -0.3 is 5.32 Å². The standard InChI is InChI=1S/C23H29N5O2/c1-15-10-12-19(13-11-15)28-17(3)21-16(2)25-27(23(30)22(21)26-28)14-6-9-20(29)24-18-7-4-5-8-18/h10-13,18H,4-9,14H2,1-3H3,(H,24,29). The van der Waals surface area contributed by atoms with Crippen molar-refractivity contribution in [2.75, 3.05) is 0 Å². The minimum atomic E-state index is -0.208. The van der Waals surface area contributed by atoms with Crippen LogP contribution in [0.3, 0.4) is 0 Å². The van der Waals surface area contributed by atoms with Crippen molar-refractivity contribution >= 4 is 16.8 Å². The maximum absolute atomic E-state index is 13.0. The molecule has 2 aromatic heterocycles. The van der Waals surface area contributed by atoms with Gasteiger partial charge in [-0.25, -0.2) is 9.36 Å². The van der Waals surface area contributed by atoms with E-state index in [-0.39, 0.29) is 11.5 Å².